The summed E-state index contributed by atoms with van der Waals surface area (Å²) in [6, 6.07) is 10.1. The van der Waals surface area contributed by atoms with Crippen LogP contribution in [0.15, 0.2) is 30.3 Å². The van der Waals surface area contributed by atoms with Gasteiger partial charge in [-0.3, -0.25) is 9.69 Å². The average Bonchev–Trinajstić information content (AvgIpc) is 3.27. The highest BCUT2D eigenvalue weighted by Gasteiger charge is 2.62. The summed E-state index contributed by atoms with van der Waals surface area (Å²) in [6.07, 6.45) is 2.26. The molecule has 3 fully saturated rings. The molecule has 3 heterocycles. The van der Waals surface area contributed by atoms with E-state index in [4.69, 9.17) is 9.47 Å². The molecular formula is C17H22ClNO4. The van der Waals surface area contributed by atoms with Gasteiger partial charge in [0, 0.05) is 24.9 Å². The number of fused-ring (bicyclic) bond motifs is 5. The third kappa shape index (κ3) is 2.87. The highest BCUT2D eigenvalue weighted by molar-refractivity contribution is 5.85. The highest BCUT2D eigenvalue weighted by Crippen LogP contribution is 2.48. The standard InChI is InChI=1S/C17H21NO4.ClH/c1-18-13-7-11(8-14(18)16-15(13)22-16)21-17(20)12(9-19)10-5-3-2-4-6-10;/h2-6,11-16,19H,7-9H2,1H3;1H/t11?,12-,13-,14+,15-,16-;/m1./s1. The predicted octanol–water partition coefficient (Wildman–Crippen LogP) is 1.34. The number of hydrogen-bond donors (Lipinski definition) is 1. The summed E-state index contributed by atoms with van der Waals surface area (Å²) >= 11 is 0. The fraction of sp³-hybridized carbons (Fsp3) is 0.588. The molecule has 3 saturated heterocycles. The molecule has 0 aromatic heterocycles. The van der Waals surface area contributed by atoms with Crippen LogP contribution in [0.2, 0.25) is 0 Å². The lowest BCUT2D eigenvalue weighted by atomic mass is 9.97. The summed E-state index contributed by atoms with van der Waals surface area (Å²) in [5.74, 6) is -0.915. The molecule has 3 aliphatic rings. The maximum atomic E-state index is 12.4. The molecule has 0 saturated carbocycles. The van der Waals surface area contributed by atoms with Crippen molar-refractivity contribution in [1.29, 1.82) is 0 Å². The van der Waals surface area contributed by atoms with Crippen LogP contribution >= 0.6 is 12.4 Å². The number of ether oxygens (including phenoxy) is 2. The third-order valence-corrected chi connectivity index (χ3v) is 5.33. The molecule has 0 radical (unpaired) electrons. The van der Waals surface area contributed by atoms with Crippen LogP contribution in [0.25, 0.3) is 0 Å². The van der Waals surface area contributed by atoms with Gasteiger partial charge in [-0.15, -0.1) is 12.4 Å². The molecule has 0 spiro atoms. The van der Waals surface area contributed by atoms with E-state index in [0.717, 1.165) is 18.4 Å². The molecule has 126 valence electrons. The average molecular weight is 340 g/mol. The first-order valence-corrected chi connectivity index (χ1v) is 7.92. The summed E-state index contributed by atoms with van der Waals surface area (Å²) < 4.78 is 11.4. The number of aliphatic hydroxyl groups is 1. The monoisotopic (exact) mass is 339 g/mol. The molecule has 6 heteroatoms. The molecule has 4 rings (SSSR count). The molecule has 5 nitrogen and oxygen atoms in total. The zero-order valence-corrected chi connectivity index (χ0v) is 13.8. The first-order chi connectivity index (χ1) is 10.7. The van der Waals surface area contributed by atoms with Gasteiger partial charge in [-0.05, 0) is 12.6 Å². The van der Waals surface area contributed by atoms with Crippen LogP contribution in [0, 0.1) is 0 Å². The largest absolute Gasteiger partial charge is 0.462 e. The van der Waals surface area contributed by atoms with Crippen molar-refractivity contribution in [2.75, 3.05) is 13.7 Å². The number of nitrogens with zero attached hydrogens (tertiary/aromatic N) is 1. The number of morpholine rings is 1. The van der Waals surface area contributed by atoms with Crippen molar-refractivity contribution in [3.63, 3.8) is 0 Å². The Kier molecular flexibility index (Phi) is 4.65. The van der Waals surface area contributed by atoms with Crippen molar-refractivity contribution in [2.24, 2.45) is 0 Å². The van der Waals surface area contributed by atoms with Crippen molar-refractivity contribution in [3.8, 4) is 0 Å². The summed E-state index contributed by atoms with van der Waals surface area (Å²) in [4.78, 5) is 14.8. The smallest absolute Gasteiger partial charge is 0.316 e. The number of carbonyl (C=O) groups excluding carboxylic acids is 1. The summed E-state index contributed by atoms with van der Waals surface area (Å²) in [6.45, 7) is -0.226. The molecule has 1 aromatic rings. The van der Waals surface area contributed by atoms with Gasteiger partial charge in [-0.2, -0.15) is 0 Å². The molecule has 23 heavy (non-hydrogen) atoms. The number of benzene rings is 1. The second-order valence-electron chi connectivity index (χ2n) is 6.54. The molecule has 1 aromatic carbocycles. The molecule has 0 aliphatic carbocycles. The third-order valence-electron chi connectivity index (χ3n) is 5.33. The van der Waals surface area contributed by atoms with E-state index in [9.17, 15) is 9.90 Å². The van der Waals surface area contributed by atoms with Crippen LogP contribution in [0.3, 0.4) is 0 Å². The number of esters is 1. The van der Waals surface area contributed by atoms with Crippen LogP contribution in [0.1, 0.15) is 24.3 Å². The highest BCUT2D eigenvalue weighted by atomic mass is 35.5. The molecular weight excluding hydrogens is 318 g/mol. The van der Waals surface area contributed by atoms with E-state index in [1.807, 2.05) is 30.3 Å². The van der Waals surface area contributed by atoms with E-state index in [-0.39, 0.29) is 31.1 Å². The fourth-order valence-corrected chi connectivity index (χ4v) is 4.04. The van der Waals surface area contributed by atoms with Gasteiger partial charge in [-0.25, -0.2) is 0 Å². The van der Waals surface area contributed by atoms with Gasteiger partial charge in [0.2, 0.25) is 0 Å². The Morgan fingerprint density at radius 3 is 2.48 bits per heavy atom. The molecule has 2 bridgehead atoms. The number of hydrogen-bond acceptors (Lipinski definition) is 5. The maximum Gasteiger partial charge on any atom is 0.316 e. The van der Waals surface area contributed by atoms with Crippen LogP contribution in [-0.4, -0.2) is 60.0 Å². The Bertz CT molecular complexity index is 551. The van der Waals surface area contributed by atoms with Crippen molar-refractivity contribution in [2.45, 2.75) is 49.2 Å². The zero-order chi connectivity index (χ0) is 15.3. The van der Waals surface area contributed by atoms with Gasteiger partial charge in [0.05, 0.1) is 6.61 Å². The number of halogens is 1. The number of epoxide rings is 1. The van der Waals surface area contributed by atoms with E-state index >= 15 is 0 Å². The maximum absolute atomic E-state index is 12.4. The van der Waals surface area contributed by atoms with Gasteiger partial charge in [0.15, 0.2) is 0 Å². The number of rotatable bonds is 4. The lowest BCUT2D eigenvalue weighted by Gasteiger charge is -2.38. The second-order valence-corrected chi connectivity index (χ2v) is 6.54. The molecule has 1 N–H and O–H groups in total. The van der Waals surface area contributed by atoms with E-state index in [0.29, 0.717) is 24.3 Å². The fourth-order valence-electron chi connectivity index (χ4n) is 4.04. The normalized spacial score (nSPS) is 35.8. The quantitative estimate of drug-likeness (QED) is 0.662. The number of piperidine rings is 1. The van der Waals surface area contributed by atoms with Gasteiger partial charge >= 0.3 is 5.97 Å². The van der Waals surface area contributed by atoms with E-state index in [2.05, 4.69) is 11.9 Å². The predicted molar refractivity (Wildman–Crippen MR) is 86.6 cm³/mol. The first kappa shape index (κ1) is 16.7. The Labute approximate surface area is 142 Å². The first-order valence-electron chi connectivity index (χ1n) is 7.92. The topological polar surface area (TPSA) is 62.3 Å². The van der Waals surface area contributed by atoms with Gasteiger partial charge in [0.1, 0.15) is 24.2 Å². The zero-order valence-electron chi connectivity index (χ0n) is 13.0. The Morgan fingerprint density at radius 2 is 1.91 bits per heavy atom. The van der Waals surface area contributed by atoms with Crippen LogP contribution in [-0.2, 0) is 14.3 Å². The summed E-state index contributed by atoms with van der Waals surface area (Å²) in [5, 5.41) is 9.56. The van der Waals surface area contributed by atoms with Crippen LogP contribution in [0.5, 0.6) is 0 Å². The van der Waals surface area contributed by atoms with Crippen LogP contribution in [0.4, 0.5) is 0 Å². The van der Waals surface area contributed by atoms with Gasteiger partial charge in [-0.1, -0.05) is 30.3 Å². The van der Waals surface area contributed by atoms with Crippen molar-refractivity contribution < 1.29 is 19.4 Å². The van der Waals surface area contributed by atoms with E-state index in [1.54, 1.807) is 0 Å². The number of likely N-dealkylation sites (N-methyl/N-ethyl adjacent to an activating group) is 1. The molecule has 3 aliphatic heterocycles. The number of carbonyl (C=O) groups is 1. The molecule has 6 atom stereocenters. The van der Waals surface area contributed by atoms with E-state index in [1.165, 1.54) is 0 Å². The second kappa shape index (κ2) is 6.40. The van der Waals surface area contributed by atoms with Crippen LogP contribution < -0.4 is 0 Å². The Hall–Kier alpha value is -1.14. The number of aliphatic hydroxyl groups excluding tert-OH is 1. The summed E-state index contributed by atoms with van der Waals surface area (Å²) in [5.41, 5.74) is 0.803. The Morgan fingerprint density at radius 1 is 1.30 bits per heavy atom. The lowest BCUT2D eigenvalue weighted by molar-refractivity contribution is -0.156. The minimum atomic E-state index is -0.593. The van der Waals surface area contributed by atoms with Crippen molar-refractivity contribution in [3.05, 3.63) is 35.9 Å². The summed E-state index contributed by atoms with van der Waals surface area (Å²) in [7, 11) is 2.13. The van der Waals surface area contributed by atoms with Crippen molar-refractivity contribution in [1.82, 2.24) is 4.90 Å². The van der Waals surface area contributed by atoms with Gasteiger partial charge < -0.3 is 14.6 Å². The molecule has 0 amide bonds. The SMILES string of the molecule is CN1[C@@H]2CC(OC(=O)[C@H](CO)c3ccccc3)C[C@H]1[C@H]1O[C@@H]12.Cl. The Balaban J connectivity index is 0.00000156. The van der Waals surface area contributed by atoms with E-state index < -0.39 is 5.92 Å². The minimum Gasteiger partial charge on any atom is -0.462 e. The molecule has 1 unspecified atom stereocenters. The van der Waals surface area contributed by atoms with Gasteiger partial charge in [0.25, 0.3) is 0 Å². The van der Waals surface area contributed by atoms with Crippen molar-refractivity contribution >= 4 is 18.4 Å². The minimum absolute atomic E-state index is 0. The lowest BCUT2D eigenvalue weighted by Crippen LogP contribution is -2.48.